The van der Waals surface area contributed by atoms with Crippen molar-refractivity contribution >= 4 is 21.5 Å². The fourth-order valence-electron chi connectivity index (χ4n) is 1.11. The molecule has 0 saturated carbocycles. The number of hydrogen-bond acceptors (Lipinski definition) is 1. The van der Waals surface area contributed by atoms with E-state index in [0.29, 0.717) is 0 Å². The number of allylic oxidation sites excluding steroid dienone is 2. The van der Waals surface area contributed by atoms with Crippen molar-refractivity contribution in [2.24, 2.45) is 7.05 Å². The lowest BCUT2D eigenvalue weighted by Crippen LogP contribution is -1.93. The SMILES string of the molecule is CC(=CCCBr)c1nccn1C. The van der Waals surface area contributed by atoms with E-state index in [-0.39, 0.29) is 0 Å². The van der Waals surface area contributed by atoms with E-state index in [1.165, 1.54) is 5.57 Å². The highest BCUT2D eigenvalue weighted by Crippen LogP contribution is 2.10. The van der Waals surface area contributed by atoms with Crippen molar-refractivity contribution in [1.29, 1.82) is 0 Å². The van der Waals surface area contributed by atoms with Gasteiger partial charge in [-0.25, -0.2) is 4.98 Å². The lowest BCUT2D eigenvalue weighted by molar-refractivity contribution is 0.887. The summed E-state index contributed by atoms with van der Waals surface area (Å²) in [5.41, 5.74) is 1.24. The second kappa shape index (κ2) is 4.45. The summed E-state index contributed by atoms with van der Waals surface area (Å²) in [5.74, 6) is 1.05. The average molecular weight is 229 g/mol. The van der Waals surface area contributed by atoms with Crippen LogP contribution in [0.2, 0.25) is 0 Å². The molecule has 1 heterocycles. The van der Waals surface area contributed by atoms with Crippen LogP contribution < -0.4 is 0 Å². The molecule has 0 radical (unpaired) electrons. The average Bonchev–Trinajstić information content (AvgIpc) is 2.47. The van der Waals surface area contributed by atoms with Gasteiger partial charge in [-0.1, -0.05) is 22.0 Å². The molecule has 0 aliphatic carbocycles. The van der Waals surface area contributed by atoms with Crippen LogP contribution >= 0.6 is 15.9 Å². The van der Waals surface area contributed by atoms with Crippen molar-refractivity contribution in [2.75, 3.05) is 5.33 Å². The molecule has 0 N–H and O–H groups in total. The number of hydrogen-bond donors (Lipinski definition) is 0. The molecule has 0 aromatic carbocycles. The first-order valence-electron chi connectivity index (χ1n) is 3.96. The number of halogens is 1. The first kappa shape index (κ1) is 9.52. The molecule has 0 aliphatic heterocycles. The van der Waals surface area contributed by atoms with Gasteiger partial charge < -0.3 is 4.57 Å². The van der Waals surface area contributed by atoms with Crippen LogP contribution in [0.25, 0.3) is 5.57 Å². The molecule has 0 amide bonds. The third-order valence-electron chi connectivity index (χ3n) is 1.73. The summed E-state index contributed by atoms with van der Waals surface area (Å²) in [6, 6.07) is 0. The minimum absolute atomic E-state index is 1.01. The first-order valence-corrected chi connectivity index (χ1v) is 5.08. The summed E-state index contributed by atoms with van der Waals surface area (Å²) < 4.78 is 2.03. The Morgan fingerprint density at radius 2 is 2.50 bits per heavy atom. The monoisotopic (exact) mass is 228 g/mol. The molecule has 0 fully saturated rings. The first-order chi connectivity index (χ1) is 5.75. The second-order valence-corrected chi connectivity index (χ2v) is 3.52. The van der Waals surface area contributed by atoms with Crippen LogP contribution in [-0.2, 0) is 7.05 Å². The van der Waals surface area contributed by atoms with E-state index in [1.807, 2.05) is 24.0 Å². The number of alkyl halides is 1. The molecule has 1 rings (SSSR count). The van der Waals surface area contributed by atoms with Gasteiger partial charge in [-0.2, -0.15) is 0 Å². The van der Waals surface area contributed by atoms with E-state index in [0.717, 1.165) is 17.6 Å². The van der Waals surface area contributed by atoms with Gasteiger partial charge in [0.1, 0.15) is 5.82 Å². The number of nitrogens with zero attached hydrogens (tertiary/aromatic N) is 2. The third-order valence-corrected chi connectivity index (χ3v) is 2.19. The van der Waals surface area contributed by atoms with Gasteiger partial charge in [-0.15, -0.1) is 0 Å². The molecule has 1 aromatic heterocycles. The normalized spacial score (nSPS) is 12.1. The molecule has 12 heavy (non-hydrogen) atoms. The van der Waals surface area contributed by atoms with Crippen molar-refractivity contribution in [3.63, 3.8) is 0 Å². The maximum absolute atomic E-state index is 4.25. The van der Waals surface area contributed by atoms with Crippen molar-refractivity contribution in [2.45, 2.75) is 13.3 Å². The van der Waals surface area contributed by atoms with Gasteiger partial charge in [0, 0.05) is 24.8 Å². The predicted molar refractivity (Wildman–Crippen MR) is 55.3 cm³/mol. The topological polar surface area (TPSA) is 17.8 Å². The number of rotatable bonds is 3. The highest BCUT2D eigenvalue weighted by molar-refractivity contribution is 9.09. The van der Waals surface area contributed by atoms with Gasteiger partial charge in [-0.3, -0.25) is 0 Å². The second-order valence-electron chi connectivity index (χ2n) is 2.73. The molecule has 66 valence electrons. The lowest BCUT2D eigenvalue weighted by atomic mass is 10.2. The molecule has 1 aromatic rings. The Balaban J connectivity index is 2.77. The Hall–Kier alpha value is -0.570. The molecule has 0 saturated heterocycles. The fraction of sp³-hybridized carbons (Fsp3) is 0.444. The van der Waals surface area contributed by atoms with Gasteiger partial charge in [-0.05, 0) is 18.9 Å². The third kappa shape index (κ3) is 2.21. The van der Waals surface area contributed by atoms with Crippen molar-refractivity contribution in [3.05, 3.63) is 24.3 Å². The fourth-order valence-corrected chi connectivity index (χ4v) is 1.34. The van der Waals surface area contributed by atoms with Gasteiger partial charge in [0.05, 0.1) is 0 Å². The largest absolute Gasteiger partial charge is 0.334 e. The Morgan fingerprint density at radius 1 is 1.75 bits per heavy atom. The maximum Gasteiger partial charge on any atom is 0.134 e. The van der Waals surface area contributed by atoms with Crippen LogP contribution in [0.4, 0.5) is 0 Å². The smallest absolute Gasteiger partial charge is 0.134 e. The zero-order valence-corrected chi connectivity index (χ0v) is 9.00. The molecular formula is C9H13BrN2. The summed E-state index contributed by atoms with van der Waals surface area (Å²) in [7, 11) is 2.01. The standard InChI is InChI=1S/C9H13BrN2/c1-8(4-3-5-10)9-11-6-7-12(9)2/h4,6-7H,3,5H2,1-2H3. The van der Waals surface area contributed by atoms with Gasteiger partial charge in [0.2, 0.25) is 0 Å². The quantitative estimate of drug-likeness (QED) is 0.728. The Morgan fingerprint density at radius 3 is 3.00 bits per heavy atom. The summed E-state index contributed by atoms with van der Waals surface area (Å²) >= 11 is 3.39. The predicted octanol–water partition coefficient (Wildman–Crippen LogP) is 2.61. The zero-order valence-electron chi connectivity index (χ0n) is 7.42. The maximum atomic E-state index is 4.25. The van der Waals surface area contributed by atoms with Crippen LogP contribution in [0.15, 0.2) is 18.5 Å². The summed E-state index contributed by atoms with van der Waals surface area (Å²) in [5, 5.41) is 1.01. The summed E-state index contributed by atoms with van der Waals surface area (Å²) in [6.07, 6.45) is 7.03. The number of aryl methyl sites for hydroxylation is 1. The van der Waals surface area contributed by atoms with Gasteiger partial charge in [0.25, 0.3) is 0 Å². The van der Waals surface area contributed by atoms with Crippen LogP contribution in [0.5, 0.6) is 0 Å². The van der Waals surface area contributed by atoms with Crippen molar-refractivity contribution < 1.29 is 0 Å². The van der Waals surface area contributed by atoms with E-state index >= 15 is 0 Å². The lowest BCUT2D eigenvalue weighted by Gasteiger charge is -2.00. The van der Waals surface area contributed by atoms with E-state index in [1.54, 1.807) is 0 Å². The minimum Gasteiger partial charge on any atom is -0.334 e. The Labute approximate surface area is 81.4 Å². The van der Waals surface area contributed by atoms with Crippen LogP contribution in [-0.4, -0.2) is 14.9 Å². The number of aromatic nitrogens is 2. The molecule has 0 aliphatic rings. The highest BCUT2D eigenvalue weighted by Gasteiger charge is 1.99. The van der Waals surface area contributed by atoms with E-state index in [4.69, 9.17) is 0 Å². The Kier molecular flexibility index (Phi) is 3.53. The van der Waals surface area contributed by atoms with Crippen molar-refractivity contribution in [1.82, 2.24) is 9.55 Å². The molecule has 3 heteroatoms. The van der Waals surface area contributed by atoms with Crippen LogP contribution in [0.1, 0.15) is 19.2 Å². The zero-order chi connectivity index (χ0) is 8.97. The summed E-state index contributed by atoms with van der Waals surface area (Å²) in [6.45, 7) is 2.09. The van der Waals surface area contributed by atoms with Crippen LogP contribution in [0.3, 0.4) is 0 Å². The molecule has 0 atom stereocenters. The number of imidazole rings is 1. The van der Waals surface area contributed by atoms with E-state index in [2.05, 4.69) is 33.9 Å². The Bertz CT molecular complexity index is 276. The van der Waals surface area contributed by atoms with Gasteiger partial charge in [0.15, 0.2) is 0 Å². The van der Waals surface area contributed by atoms with E-state index < -0.39 is 0 Å². The molecular weight excluding hydrogens is 216 g/mol. The van der Waals surface area contributed by atoms with Crippen LogP contribution in [0, 0.1) is 0 Å². The highest BCUT2D eigenvalue weighted by atomic mass is 79.9. The summed E-state index contributed by atoms with van der Waals surface area (Å²) in [4.78, 5) is 4.25. The van der Waals surface area contributed by atoms with Crippen molar-refractivity contribution in [3.8, 4) is 0 Å². The molecule has 0 unspecified atom stereocenters. The van der Waals surface area contributed by atoms with E-state index in [9.17, 15) is 0 Å². The molecule has 0 bridgehead atoms. The molecule has 0 spiro atoms. The molecule has 2 nitrogen and oxygen atoms in total. The van der Waals surface area contributed by atoms with Gasteiger partial charge >= 0.3 is 0 Å². The minimum atomic E-state index is 1.01.